The number of carbonyl (C=O) groups excluding carboxylic acids is 2. The number of nitrogens with zero attached hydrogens (tertiary/aromatic N) is 2. The maximum atomic E-state index is 13.0. The van der Waals surface area contributed by atoms with E-state index in [0.717, 1.165) is 11.6 Å². The summed E-state index contributed by atoms with van der Waals surface area (Å²) in [6.07, 6.45) is 7.47. The number of aromatic nitrogens is 2. The second-order valence-electron chi connectivity index (χ2n) is 7.25. The van der Waals surface area contributed by atoms with Gasteiger partial charge in [0.05, 0.1) is 6.20 Å². The molecule has 2 amide bonds. The Morgan fingerprint density at radius 1 is 1.10 bits per heavy atom. The molecule has 0 aliphatic rings. The van der Waals surface area contributed by atoms with Crippen molar-refractivity contribution >= 4 is 17.8 Å². The molecule has 0 spiro atoms. The molecule has 0 bridgehead atoms. The van der Waals surface area contributed by atoms with Crippen molar-refractivity contribution in [3.63, 3.8) is 0 Å². The van der Waals surface area contributed by atoms with Crippen molar-refractivity contribution in [2.45, 2.75) is 38.8 Å². The van der Waals surface area contributed by atoms with E-state index in [9.17, 15) is 14.4 Å². The van der Waals surface area contributed by atoms with Gasteiger partial charge in [0.1, 0.15) is 11.7 Å². The van der Waals surface area contributed by atoms with Crippen LogP contribution < -0.4 is 10.6 Å². The van der Waals surface area contributed by atoms with Gasteiger partial charge >= 0.3 is 5.97 Å². The van der Waals surface area contributed by atoms with Crippen LogP contribution in [0.3, 0.4) is 0 Å². The summed E-state index contributed by atoms with van der Waals surface area (Å²) < 4.78 is 0. The third-order valence-electron chi connectivity index (χ3n) is 4.22. The van der Waals surface area contributed by atoms with Gasteiger partial charge in [0, 0.05) is 30.9 Å². The van der Waals surface area contributed by atoms with Crippen molar-refractivity contribution < 1.29 is 19.5 Å². The number of carboxylic acid groups (broad SMARTS) is 1. The van der Waals surface area contributed by atoms with Gasteiger partial charge in [0.25, 0.3) is 5.91 Å². The summed E-state index contributed by atoms with van der Waals surface area (Å²) in [6, 6.07) is 7.97. The predicted octanol–water partition coefficient (Wildman–Crippen LogP) is 1.99. The van der Waals surface area contributed by atoms with E-state index in [0.29, 0.717) is 6.42 Å². The lowest BCUT2D eigenvalue weighted by atomic mass is 10.0. The van der Waals surface area contributed by atoms with Crippen LogP contribution in [0.25, 0.3) is 0 Å². The minimum absolute atomic E-state index is 0.105. The van der Waals surface area contributed by atoms with Gasteiger partial charge in [-0.2, -0.15) is 0 Å². The lowest BCUT2D eigenvalue weighted by Gasteiger charge is -2.23. The van der Waals surface area contributed by atoms with Gasteiger partial charge in [-0.05, 0) is 17.9 Å². The van der Waals surface area contributed by atoms with E-state index < -0.39 is 29.9 Å². The minimum Gasteiger partial charge on any atom is -0.478 e. The second-order valence-corrected chi connectivity index (χ2v) is 7.25. The number of carbonyl (C=O) groups is 3. The molecule has 2 atom stereocenters. The molecule has 0 saturated heterocycles. The van der Waals surface area contributed by atoms with Crippen molar-refractivity contribution in [2.75, 3.05) is 0 Å². The molecule has 3 N–H and O–H groups in total. The molecular weight excluding hydrogens is 384 g/mol. The summed E-state index contributed by atoms with van der Waals surface area (Å²) in [4.78, 5) is 44.3. The zero-order valence-corrected chi connectivity index (χ0v) is 17.0. The molecule has 8 nitrogen and oxygen atoms in total. The maximum absolute atomic E-state index is 13.0. The SMILES string of the molecule is CC(C)CC(/C=C/C(=O)O)NC(=O)C(Cc1ccccc1)NC(=O)c1cnccn1. The highest BCUT2D eigenvalue weighted by atomic mass is 16.4. The van der Waals surface area contributed by atoms with E-state index in [1.54, 1.807) is 0 Å². The molecule has 0 fully saturated rings. The number of carboxylic acids is 1. The Hall–Kier alpha value is -3.55. The molecule has 1 heterocycles. The van der Waals surface area contributed by atoms with Crippen molar-refractivity contribution in [2.24, 2.45) is 5.92 Å². The molecule has 0 radical (unpaired) electrons. The zero-order valence-electron chi connectivity index (χ0n) is 17.0. The van der Waals surface area contributed by atoms with E-state index in [1.165, 1.54) is 24.7 Å². The van der Waals surface area contributed by atoms with Gasteiger partial charge in [0.2, 0.25) is 5.91 Å². The summed E-state index contributed by atoms with van der Waals surface area (Å²) in [7, 11) is 0. The summed E-state index contributed by atoms with van der Waals surface area (Å²) in [5.41, 5.74) is 0.978. The number of nitrogens with one attached hydrogen (secondary N) is 2. The number of benzene rings is 1. The van der Waals surface area contributed by atoms with Crippen LogP contribution in [0.15, 0.2) is 61.1 Å². The van der Waals surface area contributed by atoms with E-state index in [2.05, 4.69) is 20.6 Å². The van der Waals surface area contributed by atoms with Crippen LogP contribution in [0.1, 0.15) is 36.3 Å². The molecule has 2 aromatic rings. The molecule has 2 unspecified atom stereocenters. The Labute approximate surface area is 175 Å². The first-order valence-electron chi connectivity index (χ1n) is 9.67. The van der Waals surface area contributed by atoms with Crippen molar-refractivity contribution in [3.05, 3.63) is 72.3 Å². The Bertz CT molecular complexity index is 869. The Morgan fingerprint density at radius 3 is 2.43 bits per heavy atom. The van der Waals surface area contributed by atoms with E-state index in [1.807, 2.05) is 44.2 Å². The minimum atomic E-state index is -1.09. The highest BCUT2D eigenvalue weighted by Crippen LogP contribution is 2.09. The first-order chi connectivity index (χ1) is 14.3. The third-order valence-corrected chi connectivity index (χ3v) is 4.22. The molecule has 0 aliphatic heterocycles. The quantitative estimate of drug-likeness (QED) is 0.515. The first-order valence-corrected chi connectivity index (χ1v) is 9.67. The lowest BCUT2D eigenvalue weighted by molar-refractivity contribution is -0.131. The van der Waals surface area contributed by atoms with Crippen molar-refractivity contribution in [1.29, 1.82) is 0 Å². The van der Waals surface area contributed by atoms with E-state index in [-0.39, 0.29) is 18.0 Å². The highest BCUT2D eigenvalue weighted by molar-refractivity contribution is 5.96. The molecular formula is C22H26N4O4. The average Bonchev–Trinajstić information content (AvgIpc) is 2.72. The van der Waals surface area contributed by atoms with Gasteiger partial charge in [-0.3, -0.25) is 14.6 Å². The molecule has 1 aromatic carbocycles. The lowest BCUT2D eigenvalue weighted by Crippen LogP contribution is -2.50. The fourth-order valence-corrected chi connectivity index (χ4v) is 2.88. The fourth-order valence-electron chi connectivity index (χ4n) is 2.88. The number of amides is 2. The monoisotopic (exact) mass is 410 g/mol. The van der Waals surface area contributed by atoms with Crippen LogP contribution in [0.2, 0.25) is 0 Å². The fraction of sp³-hybridized carbons (Fsp3) is 0.318. The predicted molar refractivity (Wildman–Crippen MR) is 112 cm³/mol. The number of hydrogen-bond donors (Lipinski definition) is 3. The Morgan fingerprint density at radius 2 is 1.83 bits per heavy atom. The van der Waals surface area contributed by atoms with Gasteiger partial charge in [-0.25, -0.2) is 9.78 Å². The summed E-state index contributed by atoms with van der Waals surface area (Å²) in [6.45, 7) is 3.95. The van der Waals surface area contributed by atoms with Crippen LogP contribution in [0.4, 0.5) is 0 Å². The molecule has 8 heteroatoms. The van der Waals surface area contributed by atoms with Gasteiger partial charge < -0.3 is 15.7 Å². The summed E-state index contributed by atoms with van der Waals surface area (Å²) >= 11 is 0. The largest absolute Gasteiger partial charge is 0.478 e. The Kier molecular flexibility index (Phi) is 8.68. The average molecular weight is 410 g/mol. The number of rotatable bonds is 10. The topological polar surface area (TPSA) is 121 Å². The summed E-state index contributed by atoms with van der Waals surface area (Å²) in [5, 5.41) is 14.5. The molecule has 0 saturated carbocycles. The normalized spacial score (nSPS) is 13.0. The summed E-state index contributed by atoms with van der Waals surface area (Å²) in [5.74, 6) is -1.78. The van der Waals surface area contributed by atoms with Gasteiger partial charge in [-0.1, -0.05) is 50.3 Å². The van der Waals surface area contributed by atoms with E-state index >= 15 is 0 Å². The maximum Gasteiger partial charge on any atom is 0.328 e. The first kappa shape index (κ1) is 22.7. The van der Waals surface area contributed by atoms with Gasteiger partial charge in [-0.15, -0.1) is 0 Å². The molecule has 2 rings (SSSR count). The van der Waals surface area contributed by atoms with Crippen molar-refractivity contribution in [3.8, 4) is 0 Å². The molecule has 30 heavy (non-hydrogen) atoms. The van der Waals surface area contributed by atoms with Crippen LogP contribution in [-0.2, 0) is 16.0 Å². The molecule has 158 valence electrons. The van der Waals surface area contributed by atoms with E-state index in [4.69, 9.17) is 5.11 Å². The van der Waals surface area contributed by atoms with Crippen LogP contribution >= 0.6 is 0 Å². The second kappa shape index (κ2) is 11.5. The molecule has 0 aliphatic carbocycles. The van der Waals surface area contributed by atoms with Gasteiger partial charge in [0.15, 0.2) is 0 Å². The Balaban J connectivity index is 2.19. The van der Waals surface area contributed by atoms with Crippen molar-refractivity contribution in [1.82, 2.24) is 20.6 Å². The van der Waals surface area contributed by atoms with Crippen LogP contribution in [0.5, 0.6) is 0 Å². The number of hydrogen-bond acceptors (Lipinski definition) is 5. The van der Waals surface area contributed by atoms with Crippen LogP contribution in [-0.4, -0.2) is 44.9 Å². The third kappa shape index (κ3) is 7.83. The molecule has 1 aromatic heterocycles. The van der Waals surface area contributed by atoms with Crippen LogP contribution in [0, 0.1) is 5.92 Å². The standard InChI is InChI=1S/C22H26N4O4/c1-15(2)12-17(8-9-20(27)28)25-21(29)18(13-16-6-4-3-5-7-16)26-22(30)19-14-23-10-11-24-19/h3-11,14-15,17-18H,12-13H2,1-2H3,(H,25,29)(H,26,30)(H,27,28)/b9-8+. The number of aliphatic carboxylic acids is 1. The highest BCUT2D eigenvalue weighted by Gasteiger charge is 2.24. The zero-order chi connectivity index (χ0) is 21.9. The smallest absolute Gasteiger partial charge is 0.328 e.